The first-order chi connectivity index (χ1) is 6.15. The summed E-state index contributed by atoms with van der Waals surface area (Å²) >= 11 is 0. The van der Waals surface area contributed by atoms with E-state index < -0.39 is 0 Å². The molecule has 4 heteroatoms. The molecule has 0 aliphatic carbocycles. The average molecular weight is 179 g/mol. The van der Waals surface area contributed by atoms with Crippen LogP contribution < -0.4 is 0 Å². The molecular weight excluding hydrogens is 166 g/mol. The van der Waals surface area contributed by atoms with Crippen LogP contribution in [0, 0.1) is 5.92 Å². The first-order valence-corrected chi connectivity index (χ1v) is 4.24. The van der Waals surface area contributed by atoms with Gasteiger partial charge in [-0.05, 0) is 12.3 Å². The summed E-state index contributed by atoms with van der Waals surface area (Å²) in [4.78, 5) is 13.7. The molecule has 4 nitrogen and oxygen atoms in total. The first kappa shape index (κ1) is 9.68. The van der Waals surface area contributed by atoms with Crippen LogP contribution in [0.15, 0.2) is 11.2 Å². The molecule has 0 aromatic carbocycles. The highest BCUT2D eigenvalue weighted by atomic mass is 16.1. The molecule has 0 atom stereocenters. The third-order valence-corrected chi connectivity index (χ3v) is 1.81. The maximum absolute atomic E-state index is 10.1. The Hall–Kier alpha value is -1.41. The predicted molar refractivity (Wildman–Crippen MR) is 49.5 cm³/mol. The maximum Gasteiger partial charge on any atom is 0.240 e. The number of isocyanates is 1. The molecule has 1 heterocycles. The quantitative estimate of drug-likeness (QED) is 0.522. The van der Waals surface area contributed by atoms with Crippen molar-refractivity contribution in [2.45, 2.75) is 20.3 Å². The van der Waals surface area contributed by atoms with Gasteiger partial charge >= 0.3 is 0 Å². The molecule has 1 aromatic rings. The van der Waals surface area contributed by atoms with Crippen LogP contribution in [0.5, 0.6) is 0 Å². The van der Waals surface area contributed by atoms with Gasteiger partial charge in [0.2, 0.25) is 6.08 Å². The summed E-state index contributed by atoms with van der Waals surface area (Å²) in [5.74, 6) is 0.524. The zero-order valence-electron chi connectivity index (χ0n) is 8.11. The molecule has 0 radical (unpaired) electrons. The fourth-order valence-electron chi connectivity index (χ4n) is 1.22. The van der Waals surface area contributed by atoms with Crippen LogP contribution in [0.4, 0.5) is 5.69 Å². The number of carbonyl (C=O) groups excluding carboxylic acids is 1. The number of rotatable bonds is 3. The van der Waals surface area contributed by atoms with E-state index in [9.17, 15) is 4.79 Å². The lowest BCUT2D eigenvalue weighted by molar-refractivity contribution is 0.565. The minimum absolute atomic E-state index is 0.524. The van der Waals surface area contributed by atoms with Crippen LogP contribution in [0.3, 0.4) is 0 Å². The Labute approximate surface area is 77.3 Å². The van der Waals surface area contributed by atoms with E-state index in [1.54, 1.807) is 10.9 Å². The summed E-state index contributed by atoms with van der Waals surface area (Å²) < 4.78 is 1.75. The number of aryl methyl sites for hydroxylation is 1. The minimum Gasteiger partial charge on any atom is -0.270 e. The minimum atomic E-state index is 0.524. The lowest BCUT2D eigenvalue weighted by Gasteiger charge is -2.05. The maximum atomic E-state index is 10.1. The predicted octanol–water partition coefficient (Wildman–Crippen LogP) is 1.59. The average Bonchev–Trinajstić information content (AvgIpc) is 2.36. The van der Waals surface area contributed by atoms with E-state index in [0.717, 1.165) is 12.1 Å². The number of aliphatic imine (C=N–C) groups is 1. The van der Waals surface area contributed by atoms with Gasteiger partial charge in [-0.15, -0.1) is 0 Å². The summed E-state index contributed by atoms with van der Waals surface area (Å²) in [6.45, 7) is 4.23. The van der Waals surface area contributed by atoms with E-state index in [1.807, 2.05) is 7.05 Å². The lowest BCUT2D eigenvalue weighted by atomic mass is 10.1. The van der Waals surface area contributed by atoms with Crippen molar-refractivity contribution in [3.63, 3.8) is 0 Å². The van der Waals surface area contributed by atoms with Crippen LogP contribution in [0.25, 0.3) is 0 Å². The van der Waals surface area contributed by atoms with Crippen molar-refractivity contribution >= 4 is 11.8 Å². The third kappa shape index (κ3) is 2.26. The summed E-state index contributed by atoms with van der Waals surface area (Å²) in [6, 6.07) is 0. The fraction of sp³-hybridized carbons (Fsp3) is 0.556. The van der Waals surface area contributed by atoms with Gasteiger partial charge < -0.3 is 0 Å². The monoisotopic (exact) mass is 179 g/mol. The van der Waals surface area contributed by atoms with Crippen molar-refractivity contribution in [3.8, 4) is 0 Å². The van der Waals surface area contributed by atoms with Crippen LogP contribution >= 0.6 is 0 Å². The first-order valence-electron chi connectivity index (χ1n) is 4.24. The molecule has 1 rings (SSSR count). The van der Waals surface area contributed by atoms with Gasteiger partial charge in [-0.2, -0.15) is 10.1 Å². The van der Waals surface area contributed by atoms with Crippen molar-refractivity contribution in [2.75, 3.05) is 0 Å². The summed E-state index contributed by atoms with van der Waals surface area (Å²) in [7, 11) is 1.85. The van der Waals surface area contributed by atoms with Crippen molar-refractivity contribution in [1.82, 2.24) is 9.78 Å². The normalized spacial score (nSPS) is 10.2. The van der Waals surface area contributed by atoms with E-state index in [-0.39, 0.29) is 0 Å². The second-order valence-electron chi connectivity index (χ2n) is 3.40. The molecule has 70 valence electrons. The topological polar surface area (TPSA) is 47.2 Å². The Balaban J connectivity index is 3.01. The second-order valence-corrected chi connectivity index (χ2v) is 3.40. The molecule has 0 aliphatic rings. The molecule has 0 saturated heterocycles. The highest BCUT2D eigenvalue weighted by molar-refractivity contribution is 5.50. The fourth-order valence-corrected chi connectivity index (χ4v) is 1.22. The molecule has 13 heavy (non-hydrogen) atoms. The van der Waals surface area contributed by atoms with E-state index in [1.165, 1.54) is 6.08 Å². The second kappa shape index (κ2) is 4.01. The van der Waals surface area contributed by atoms with Crippen molar-refractivity contribution in [3.05, 3.63) is 11.9 Å². The van der Waals surface area contributed by atoms with E-state index in [4.69, 9.17) is 0 Å². The van der Waals surface area contributed by atoms with E-state index >= 15 is 0 Å². The van der Waals surface area contributed by atoms with Crippen molar-refractivity contribution in [2.24, 2.45) is 18.0 Å². The van der Waals surface area contributed by atoms with Gasteiger partial charge in [-0.25, -0.2) is 4.79 Å². The highest BCUT2D eigenvalue weighted by Gasteiger charge is 2.08. The molecule has 0 amide bonds. The summed E-state index contributed by atoms with van der Waals surface area (Å²) in [5, 5.41) is 4.03. The van der Waals surface area contributed by atoms with E-state index in [0.29, 0.717) is 11.6 Å². The van der Waals surface area contributed by atoms with E-state index in [2.05, 4.69) is 23.9 Å². The Kier molecular flexibility index (Phi) is 2.98. The standard InChI is InChI=1S/C9H13N3O/c1-7(2)4-9-8(10-6-13)5-11-12(9)3/h5,7H,4H2,1-3H3. The number of nitrogens with zero attached hydrogens (tertiary/aromatic N) is 3. The summed E-state index contributed by atoms with van der Waals surface area (Å²) in [5.41, 5.74) is 1.62. The number of hydrogen-bond acceptors (Lipinski definition) is 3. The van der Waals surface area contributed by atoms with Crippen LogP contribution in [0.2, 0.25) is 0 Å². The Bertz CT molecular complexity index is 335. The van der Waals surface area contributed by atoms with Gasteiger partial charge in [0.1, 0.15) is 5.69 Å². The van der Waals surface area contributed by atoms with Crippen LogP contribution in [-0.4, -0.2) is 15.9 Å². The molecule has 0 fully saturated rings. The van der Waals surface area contributed by atoms with Crippen molar-refractivity contribution in [1.29, 1.82) is 0 Å². The van der Waals surface area contributed by atoms with Crippen LogP contribution in [0.1, 0.15) is 19.5 Å². The molecule has 0 aliphatic heterocycles. The smallest absolute Gasteiger partial charge is 0.240 e. The summed E-state index contributed by atoms with van der Waals surface area (Å²) in [6.07, 6.45) is 3.99. The highest BCUT2D eigenvalue weighted by Crippen LogP contribution is 2.20. The van der Waals surface area contributed by atoms with Gasteiger partial charge in [0, 0.05) is 7.05 Å². The molecule has 1 aromatic heterocycles. The van der Waals surface area contributed by atoms with Gasteiger partial charge in [-0.3, -0.25) is 4.68 Å². The lowest BCUT2D eigenvalue weighted by Crippen LogP contribution is -2.02. The van der Waals surface area contributed by atoms with Crippen molar-refractivity contribution < 1.29 is 4.79 Å². The van der Waals surface area contributed by atoms with Gasteiger partial charge in [-0.1, -0.05) is 13.8 Å². The van der Waals surface area contributed by atoms with Gasteiger partial charge in [0.05, 0.1) is 11.9 Å². The Morgan fingerprint density at radius 3 is 2.92 bits per heavy atom. The number of aromatic nitrogens is 2. The molecule has 0 unspecified atom stereocenters. The zero-order chi connectivity index (χ0) is 9.84. The largest absolute Gasteiger partial charge is 0.270 e. The Morgan fingerprint density at radius 1 is 1.69 bits per heavy atom. The molecule has 0 N–H and O–H groups in total. The van der Waals surface area contributed by atoms with Crippen LogP contribution in [-0.2, 0) is 18.3 Å². The number of hydrogen-bond donors (Lipinski definition) is 0. The molecule has 0 spiro atoms. The van der Waals surface area contributed by atoms with Gasteiger partial charge in [0.25, 0.3) is 0 Å². The zero-order valence-corrected chi connectivity index (χ0v) is 8.11. The Morgan fingerprint density at radius 2 is 2.38 bits per heavy atom. The SMILES string of the molecule is CC(C)Cc1c(N=C=O)cnn1C. The molecule has 0 bridgehead atoms. The molecular formula is C9H13N3O. The molecule has 0 saturated carbocycles. The van der Waals surface area contributed by atoms with Gasteiger partial charge in [0.15, 0.2) is 0 Å². The third-order valence-electron chi connectivity index (χ3n) is 1.81.